The van der Waals surface area contributed by atoms with Crippen molar-refractivity contribution in [1.82, 2.24) is 0 Å². The molecule has 0 bridgehead atoms. The van der Waals surface area contributed by atoms with E-state index in [2.05, 4.69) is 15.9 Å². The Bertz CT molecular complexity index is 537. The summed E-state index contributed by atoms with van der Waals surface area (Å²) < 4.78 is 0.925. The van der Waals surface area contributed by atoms with Crippen molar-refractivity contribution in [3.05, 3.63) is 28.2 Å². The minimum Gasteiger partial charge on any atom is -0.373 e. The van der Waals surface area contributed by atoms with Gasteiger partial charge in [-0.05, 0) is 30.9 Å². The van der Waals surface area contributed by atoms with Crippen LogP contribution in [0.25, 0.3) is 0 Å². The molecule has 2 aliphatic rings. The number of halogens is 1. The third kappa shape index (κ3) is 2.41. The predicted molar refractivity (Wildman–Crippen MR) is 85.8 cm³/mol. The van der Waals surface area contributed by atoms with Crippen molar-refractivity contribution >= 4 is 27.9 Å². The highest BCUT2D eigenvalue weighted by atomic mass is 79.9. The highest BCUT2D eigenvalue weighted by Gasteiger charge is 2.49. The fourth-order valence-corrected chi connectivity index (χ4v) is 4.55. The van der Waals surface area contributed by atoms with Gasteiger partial charge in [-0.2, -0.15) is 0 Å². The number of nitrogens with zero attached hydrogens (tertiary/aromatic N) is 1. The maximum atomic E-state index is 11.7. The maximum Gasteiger partial charge on any atom is 0.142 e. The minimum atomic E-state index is -0.593. The number of aliphatic hydroxyl groups excluding tert-OH is 1. The van der Waals surface area contributed by atoms with Crippen LogP contribution in [0.1, 0.15) is 31.2 Å². The number of anilines is 1. The van der Waals surface area contributed by atoms with Crippen LogP contribution < -0.4 is 10.6 Å². The molecule has 1 saturated heterocycles. The molecule has 0 spiro atoms. The molecule has 4 atom stereocenters. The second kappa shape index (κ2) is 6.07. The van der Waals surface area contributed by atoms with Gasteiger partial charge in [0.25, 0.3) is 0 Å². The van der Waals surface area contributed by atoms with Gasteiger partial charge in [-0.15, -0.1) is 0 Å². The number of hydrogen-bond acceptors (Lipinski definition) is 4. The van der Waals surface area contributed by atoms with Crippen LogP contribution in [0.3, 0.4) is 0 Å². The van der Waals surface area contributed by atoms with Gasteiger partial charge in [0.1, 0.15) is 12.5 Å². The zero-order chi connectivity index (χ0) is 15.0. The summed E-state index contributed by atoms with van der Waals surface area (Å²) in [7, 11) is 0. The van der Waals surface area contributed by atoms with E-state index in [1.807, 2.05) is 23.1 Å². The van der Waals surface area contributed by atoms with E-state index in [4.69, 9.17) is 5.73 Å². The van der Waals surface area contributed by atoms with E-state index < -0.39 is 6.23 Å². The first-order valence-electron chi connectivity index (χ1n) is 7.58. The highest BCUT2D eigenvalue weighted by Crippen LogP contribution is 2.46. The van der Waals surface area contributed by atoms with Crippen LogP contribution in [0, 0.1) is 11.8 Å². The number of fused-ring (bicyclic) bond motifs is 1. The molecule has 1 aliphatic heterocycles. The third-order valence-corrected chi connectivity index (χ3v) is 5.76. The summed E-state index contributed by atoms with van der Waals surface area (Å²) in [5, 5.41) is 10.8. The lowest BCUT2D eigenvalue weighted by molar-refractivity contribution is -0.109. The molecule has 0 amide bonds. The van der Waals surface area contributed by atoms with E-state index in [1.165, 1.54) is 0 Å². The van der Waals surface area contributed by atoms with E-state index in [0.29, 0.717) is 6.54 Å². The molecule has 3 N–H and O–H groups in total. The summed E-state index contributed by atoms with van der Waals surface area (Å²) in [6.45, 7) is 0.376. The second-order valence-corrected chi connectivity index (χ2v) is 6.86. The Labute approximate surface area is 133 Å². The van der Waals surface area contributed by atoms with Crippen molar-refractivity contribution in [3.63, 3.8) is 0 Å². The normalized spacial score (nSPS) is 32.0. The zero-order valence-corrected chi connectivity index (χ0v) is 13.5. The first kappa shape index (κ1) is 15.0. The molecule has 4 nitrogen and oxygen atoms in total. The standard InChI is InChI=1S/C16H21BrN2O2/c17-13-6-3-7-14(12(13)8-18)19-15(9-20)10-4-1-2-5-11(10)16(19)21/h3,6-7,9-11,15-16,21H,1-2,4-5,8,18H2. The fourth-order valence-electron chi connectivity index (χ4n) is 4.03. The molecule has 1 heterocycles. The van der Waals surface area contributed by atoms with Crippen molar-refractivity contribution in [2.75, 3.05) is 4.90 Å². The van der Waals surface area contributed by atoms with Gasteiger partial charge < -0.3 is 20.5 Å². The lowest BCUT2D eigenvalue weighted by Crippen LogP contribution is -2.40. The van der Waals surface area contributed by atoms with Crippen molar-refractivity contribution in [2.24, 2.45) is 17.6 Å². The van der Waals surface area contributed by atoms with Crippen molar-refractivity contribution < 1.29 is 9.90 Å². The van der Waals surface area contributed by atoms with Crippen LogP contribution in [0.15, 0.2) is 22.7 Å². The molecule has 114 valence electrons. The summed E-state index contributed by atoms with van der Waals surface area (Å²) in [6.07, 6.45) is 4.71. The van der Waals surface area contributed by atoms with Gasteiger partial charge in [0, 0.05) is 28.2 Å². The molecule has 1 aliphatic carbocycles. The summed E-state index contributed by atoms with van der Waals surface area (Å²) in [4.78, 5) is 13.6. The van der Waals surface area contributed by atoms with Crippen LogP contribution in [0.4, 0.5) is 5.69 Å². The molecule has 5 heteroatoms. The monoisotopic (exact) mass is 352 g/mol. The Kier molecular flexibility index (Phi) is 4.33. The fraction of sp³-hybridized carbons (Fsp3) is 0.562. The largest absolute Gasteiger partial charge is 0.373 e. The van der Waals surface area contributed by atoms with Gasteiger partial charge in [0.05, 0.1) is 6.04 Å². The second-order valence-electron chi connectivity index (χ2n) is 6.00. The van der Waals surface area contributed by atoms with Crippen LogP contribution in [0.2, 0.25) is 0 Å². The lowest BCUT2D eigenvalue weighted by atomic mass is 9.78. The van der Waals surface area contributed by atoms with E-state index in [9.17, 15) is 9.90 Å². The molecule has 3 rings (SSSR count). The highest BCUT2D eigenvalue weighted by molar-refractivity contribution is 9.10. The summed E-state index contributed by atoms with van der Waals surface area (Å²) in [6, 6.07) is 5.57. The van der Waals surface area contributed by atoms with E-state index in [1.54, 1.807) is 0 Å². The van der Waals surface area contributed by atoms with E-state index in [0.717, 1.165) is 47.7 Å². The number of carbonyl (C=O) groups excluding carboxylic acids is 1. The first-order valence-corrected chi connectivity index (χ1v) is 8.37. The van der Waals surface area contributed by atoms with Crippen molar-refractivity contribution in [1.29, 1.82) is 0 Å². The topological polar surface area (TPSA) is 66.6 Å². The molecule has 1 aromatic carbocycles. The van der Waals surface area contributed by atoms with Gasteiger partial charge in [0.2, 0.25) is 0 Å². The van der Waals surface area contributed by atoms with Gasteiger partial charge >= 0.3 is 0 Å². The smallest absolute Gasteiger partial charge is 0.142 e. The van der Waals surface area contributed by atoms with Crippen LogP contribution in [-0.4, -0.2) is 23.7 Å². The molecule has 21 heavy (non-hydrogen) atoms. The summed E-state index contributed by atoms with van der Waals surface area (Å²) in [5.74, 6) is 0.453. The molecular weight excluding hydrogens is 332 g/mol. The molecule has 2 fully saturated rings. The van der Waals surface area contributed by atoms with Crippen molar-refractivity contribution in [3.8, 4) is 0 Å². The Morgan fingerprint density at radius 2 is 2.05 bits per heavy atom. The quantitative estimate of drug-likeness (QED) is 0.819. The van der Waals surface area contributed by atoms with Crippen LogP contribution in [-0.2, 0) is 11.3 Å². The molecule has 4 unspecified atom stereocenters. The Hall–Kier alpha value is -0.910. The van der Waals surface area contributed by atoms with Gasteiger partial charge in [-0.25, -0.2) is 0 Å². The average Bonchev–Trinajstić information content (AvgIpc) is 2.79. The van der Waals surface area contributed by atoms with Gasteiger partial charge in [-0.1, -0.05) is 34.8 Å². The lowest BCUT2D eigenvalue weighted by Gasteiger charge is -2.30. The number of rotatable bonds is 3. The predicted octanol–water partition coefficient (Wildman–Crippen LogP) is 2.42. The Morgan fingerprint density at radius 3 is 2.71 bits per heavy atom. The number of carbonyl (C=O) groups is 1. The zero-order valence-electron chi connectivity index (χ0n) is 11.9. The Morgan fingerprint density at radius 1 is 1.33 bits per heavy atom. The van der Waals surface area contributed by atoms with Crippen molar-refractivity contribution in [2.45, 2.75) is 44.5 Å². The number of benzene rings is 1. The molecule has 1 saturated carbocycles. The Balaban J connectivity index is 2.04. The number of hydrogen-bond donors (Lipinski definition) is 2. The number of nitrogens with two attached hydrogens (primary N) is 1. The number of aliphatic hydroxyl groups is 1. The molecular formula is C16H21BrN2O2. The third-order valence-electron chi connectivity index (χ3n) is 5.02. The van der Waals surface area contributed by atoms with Gasteiger partial charge in [-0.3, -0.25) is 0 Å². The van der Waals surface area contributed by atoms with Crippen LogP contribution >= 0.6 is 15.9 Å². The molecule has 0 radical (unpaired) electrons. The number of aldehydes is 1. The average molecular weight is 353 g/mol. The van der Waals surface area contributed by atoms with E-state index >= 15 is 0 Å². The van der Waals surface area contributed by atoms with Gasteiger partial charge in [0.15, 0.2) is 0 Å². The first-order chi connectivity index (χ1) is 10.2. The molecule has 0 aromatic heterocycles. The summed E-state index contributed by atoms with van der Waals surface area (Å²) in [5.41, 5.74) is 7.70. The SMILES string of the molecule is NCc1c(Br)cccc1N1C(O)C2CCCCC2C1C=O. The van der Waals surface area contributed by atoms with E-state index in [-0.39, 0.29) is 17.9 Å². The minimum absolute atomic E-state index is 0.193. The maximum absolute atomic E-state index is 11.7. The summed E-state index contributed by atoms with van der Waals surface area (Å²) >= 11 is 3.52. The van der Waals surface area contributed by atoms with Crippen LogP contribution in [0.5, 0.6) is 0 Å². The molecule has 1 aromatic rings.